The van der Waals surface area contributed by atoms with E-state index in [0.29, 0.717) is 12.1 Å². The third-order valence-electron chi connectivity index (χ3n) is 4.91. The molecule has 0 spiro atoms. The van der Waals surface area contributed by atoms with Gasteiger partial charge in [0.2, 0.25) is 0 Å². The van der Waals surface area contributed by atoms with Gasteiger partial charge < -0.3 is 9.83 Å². The molecule has 3 rings (SSSR count). The molecule has 0 amide bonds. The Morgan fingerprint density at radius 1 is 1.22 bits per heavy atom. The summed E-state index contributed by atoms with van der Waals surface area (Å²) in [5.74, 6) is -1.43. The van der Waals surface area contributed by atoms with Crippen molar-refractivity contribution in [3.05, 3.63) is 33.2 Å². The fourth-order valence-electron chi connectivity index (χ4n) is 3.49. The van der Waals surface area contributed by atoms with Crippen LogP contribution in [-0.2, 0) is 0 Å². The van der Waals surface area contributed by atoms with E-state index >= 15 is 0 Å². The van der Waals surface area contributed by atoms with Crippen LogP contribution in [0.1, 0.15) is 25.7 Å². The molecule has 152 valence electrons. The smallest absolute Gasteiger partial charge is 0.392 e. The van der Waals surface area contributed by atoms with Crippen LogP contribution in [0.2, 0.25) is 0 Å². The van der Waals surface area contributed by atoms with Crippen molar-refractivity contribution in [2.45, 2.75) is 48.0 Å². The van der Waals surface area contributed by atoms with Gasteiger partial charge in [-0.1, -0.05) is 41.6 Å². The molecule has 0 saturated heterocycles. The first-order chi connectivity index (χ1) is 12.6. The average Bonchev–Trinajstić information content (AvgIpc) is 2.92. The normalized spacial score (nSPS) is 37.5. The van der Waals surface area contributed by atoms with Crippen molar-refractivity contribution in [3.8, 4) is 0 Å². The minimum Gasteiger partial charge on any atom is -0.392 e. The monoisotopic (exact) mass is 479 g/mol. The number of alkyl halides is 5. The molecule has 0 aromatic rings. The first-order valence-corrected chi connectivity index (χ1v) is 11.5. The van der Waals surface area contributed by atoms with Crippen molar-refractivity contribution in [1.29, 1.82) is 0 Å². The molecule has 2 nitrogen and oxygen atoms in total. The highest BCUT2D eigenvalue weighted by atomic mass is 35.5. The molecule has 2 aliphatic carbocycles. The molecule has 0 saturated carbocycles. The number of halogens is 6. The highest BCUT2D eigenvalue weighted by Crippen LogP contribution is 2.49. The number of thioether (sulfide) groups is 1. The summed E-state index contributed by atoms with van der Waals surface area (Å²) in [7, 11) is 0. The molecule has 0 fully saturated rings. The Hall–Kier alpha value is 0.340. The molecular weight excluding hydrogens is 462 g/mol. The molecule has 6 unspecified atom stereocenters. The summed E-state index contributed by atoms with van der Waals surface area (Å²) in [6, 6.07) is 0. The number of nitrogens with one attached hydrogen (secondary N) is 1. The lowest BCUT2D eigenvalue weighted by Crippen LogP contribution is -2.37. The molecule has 2 N–H and O–H groups in total. The van der Waals surface area contributed by atoms with Gasteiger partial charge in [-0.15, -0.1) is 23.2 Å². The van der Waals surface area contributed by atoms with Gasteiger partial charge in [-0.05, 0) is 37.1 Å². The maximum absolute atomic E-state index is 12.8. The molecule has 6 atom stereocenters. The molecule has 27 heavy (non-hydrogen) atoms. The van der Waals surface area contributed by atoms with E-state index in [1.54, 1.807) is 0 Å². The summed E-state index contributed by atoms with van der Waals surface area (Å²) in [4.78, 5) is 0. The van der Waals surface area contributed by atoms with Crippen LogP contribution in [-0.4, -0.2) is 27.5 Å². The van der Waals surface area contributed by atoms with E-state index in [-0.39, 0.29) is 34.8 Å². The second kappa shape index (κ2) is 9.00. The predicted molar refractivity (Wildman–Crippen MR) is 109 cm³/mol. The zero-order valence-electron chi connectivity index (χ0n) is 14.1. The van der Waals surface area contributed by atoms with Crippen LogP contribution in [0, 0.1) is 17.8 Å². The van der Waals surface area contributed by atoms with E-state index in [9.17, 15) is 18.3 Å². The van der Waals surface area contributed by atoms with Crippen molar-refractivity contribution < 1.29 is 18.3 Å². The Morgan fingerprint density at radius 2 is 1.96 bits per heavy atom. The van der Waals surface area contributed by atoms with Crippen molar-refractivity contribution >= 4 is 58.5 Å². The van der Waals surface area contributed by atoms with Crippen LogP contribution in [0.4, 0.5) is 13.2 Å². The summed E-state index contributed by atoms with van der Waals surface area (Å²) in [5, 5.41) is 10.5. The first-order valence-electron chi connectivity index (χ1n) is 8.53. The lowest BCUT2D eigenvalue weighted by atomic mass is 9.85. The zero-order valence-corrected chi connectivity index (χ0v) is 18.0. The van der Waals surface area contributed by atoms with E-state index in [4.69, 9.17) is 34.8 Å². The summed E-state index contributed by atoms with van der Waals surface area (Å²) in [6.07, 6.45) is 1.02. The lowest BCUT2D eigenvalue weighted by Gasteiger charge is -2.29. The SMILES string of the molecule is OC1CC(NSC2=CC(C3C=C(Cl)CC(Cl)C3)C(Cl)S2)=CCC1C(F)(F)F. The molecule has 10 heteroatoms. The fourth-order valence-corrected chi connectivity index (χ4v) is 7.14. The maximum atomic E-state index is 12.8. The molecule has 0 radical (unpaired) electrons. The van der Waals surface area contributed by atoms with Crippen LogP contribution in [0.5, 0.6) is 0 Å². The maximum Gasteiger partial charge on any atom is 0.394 e. The van der Waals surface area contributed by atoms with Crippen LogP contribution in [0.25, 0.3) is 0 Å². The first kappa shape index (κ1) is 22.0. The van der Waals surface area contributed by atoms with Crippen molar-refractivity contribution in [1.82, 2.24) is 4.72 Å². The summed E-state index contributed by atoms with van der Waals surface area (Å²) in [6.45, 7) is 0. The number of allylic oxidation sites excluding steroid dienone is 4. The Labute approximate surface area is 180 Å². The molecule has 0 bridgehead atoms. The van der Waals surface area contributed by atoms with E-state index in [0.717, 1.165) is 15.7 Å². The van der Waals surface area contributed by atoms with Gasteiger partial charge in [0.05, 0.1) is 21.0 Å². The van der Waals surface area contributed by atoms with Gasteiger partial charge in [0.1, 0.15) is 0 Å². The van der Waals surface area contributed by atoms with Crippen LogP contribution in [0.15, 0.2) is 33.2 Å². The third kappa shape index (κ3) is 5.70. The largest absolute Gasteiger partial charge is 0.394 e. The van der Waals surface area contributed by atoms with Crippen LogP contribution >= 0.6 is 58.5 Å². The van der Waals surface area contributed by atoms with E-state index < -0.39 is 18.2 Å². The van der Waals surface area contributed by atoms with E-state index in [1.165, 1.54) is 29.8 Å². The van der Waals surface area contributed by atoms with Gasteiger partial charge in [-0.3, -0.25) is 0 Å². The summed E-state index contributed by atoms with van der Waals surface area (Å²) >= 11 is 21.7. The van der Waals surface area contributed by atoms with Gasteiger partial charge in [0, 0.05) is 28.4 Å². The second-order valence-corrected chi connectivity index (χ2v) is 11.1. The van der Waals surface area contributed by atoms with Crippen LogP contribution in [0.3, 0.4) is 0 Å². The van der Waals surface area contributed by atoms with Crippen molar-refractivity contribution in [2.24, 2.45) is 17.8 Å². The van der Waals surface area contributed by atoms with E-state index in [2.05, 4.69) is 10.8 Å². The minimum absolute atomic E-state index is 0.0000511. The highest BCUT2D eigenvalue weighted by molar-refractivity contribution is 8.22. The Kier molecular flexibility index (Phi) is 7.35. The molecule has 0 aromatic heterocycles. The Morgan fingerprint density at radius 3 is 2.59 bits per heavy atom. The molecular formula is C17H19Cl3F3NOS2. The average molecular weight is 481 g/mol. The standard InChI is InChI=1S/C17H19Cl3F3NOS2/c18-9-3-8(4-10(19)5-9)12-7-15(26-16(12)20)27-24-11-1-2-13(14(25)6-11)17(21,22)23/h1,3,7-8,10,12-14,16,24-25H,2,4-6H2. The highest BCUT2D eigenvalue weighted by Gasteiger charge is 2.45. The molecule has 0 aromatic carbocycles. The summed E-state index contributed by atoms with van der Waals surface area (Å²) in [5.41, 5.74) is 0.602. The number of aliphatic hydroxyl groups is 1. The number of hydrogen-bond donors (Lipinski definition) is 2. The number of aliphatic hydroxyl groups excluding tert-OH is 1. The quantitative estimate of drug-likeness (QED) is 0.363. The van der Waals surface area contributed by atoms with Crippen molar-refractivity contribution in [2.75, 3.05) is 0 Å². The number of hydrogen-bond acceptors (Lipinski definition) is 4. The Bertz CT molecular complexity index is 656. The number of rotatable bonds is 4. The predicted octanol–water partition coefficient (Wildman–Crippen LogP) is 6.35. The van der Waals surface area contributed by atoms with Crippen LogP contribution < -0.4 is 4.72 Å². The van der Waals surface area contributed by atoms with Crippen molar-refractivity contribution in [3.63, 3.8) is 0 Å². The third-order valence-corrected chi connectivity index (χ3v) is 8.23. The van der Waals surface area contributed by atoms with E-state index in [1.807, 2.05) is 6.08 Å². The molecule has 1 aliphatic heterocycles. The lowest BCUT2D eigenvalue weighted by molar-refractivity contribution is -0.200. The second-order valence-electron chi connectivity index (χ2n) is 6.94. The summed E-state index contributed by atoms with van der Waals surface area (Å²) < 4.78 is 42.3. The van der Waals surface area contributed by atoms with Gasteiger partial charge in [-0.25, -0.2) is 0 Å². The van der Waals surface area contributed by atoms with Gasteiger partial charge in [-0.2, -0.15) is 13.2 Å². The minimum atomic E-state index is -4.38. The van der Waals surface area contributed by atoms with Gasteiger partial charge >= 0.3 is 6.18 Å². The Balaban J connectivity index is 1.58. The fraction of sp³-hybridized carbons (Fsp3) is 0.647. The zero-order chi connectivity index (χ0) is 19.8. The molecule has 1 heterocycles. The molecule has 3 aliphatic rings. The van der Waals surface area contributed by atoms with Gasteiger partial charge in [0.25, 0.3) is 0 Å². The topological polar surface area (TPSA) is 32.3 Å². The van der Waals surface area contributed by atoms with Gasteiger partial charge in [0.15, 0.2) is 0 Å².